The molecule has 0 aliphatic heterocycles. The quantitative estimate of drug-likeness (QED) is 0.888. The first-order chi connectivity index (χ1) is 9.22. The Morgan fingerprint density at radius 3 is 2.26 bits per heavy atom. The number of rotatable bonds is 5. The van der Waals surface area contributed by atoms with Crippen LogP contribution in [-0.4, -0.2) is 13.6 Å². The normalized spacial score (nSPS) is 10.5. The highest BCUT2D eigenvalue weighted by molar-refractivity contribution is 5.53. The molecule has 2 rings (SSSR count). The highest BCUT2D eigenvalue weighted by atomic mass is 15.1. The molecular formula is C17H22N2. The highest BCUT2D eigenvalue weighted by Crippen LogP contribution is 2.22. The van der Waals surface area contributed by atoms with Crippen LogP contribution in [0.2, 0.25) is 0 Å². The van der Waals surface area contributed by atoms with Gasteiger partial charge in [-0.15, -0.1) is 0 Å². The number of hydrogen-bond acceptors (Lipinski definition) is 2. The van der Waals surface area contributed by atoms with Crippen LogP contribution in [0, 0.1) is 6.92 Å². The topological polar surface area (TPSA) is 29.3 Å². The van der Waals surface area contributed by atoms with Crippen LogP contribution in [0.25, 0.3) is 0 Å². The molecule has 2 nitrogen and oxygen atoms in total. The summed E-state index contributed by atoms with van der Waals surface area (Å²) in [6.07, 6.45) is 0.925. The third-order valence-electron chi connectivity index (χ3n) is 3.49. The number of anilines is 1. The lowest BCUT2D eigenvalue weighted by Crippen LogP contribution is -2.19. The van der Waals surface area contributed by atoms with Crippen LogP contribution >= 0.6 is 0 Å². The highest BCUT2D eigenvalue weighted by Gasteiger charge is 2.08. The summed E-state index contributed by atoms with van der Waals surface area (Å²) in [7, 11) is 2.14. The molecule has 0 heterocycles. The molecule has 0 amide bonds. The largest absolute Gasteiger partial charge is 0.370 e. The molecule has 0 fully saturated rings. The first-order valence-corrected chi connectivity index (χ1v) is 6.76. The maximum Gasteiger partial charge on any atom is 0.0428 e. The van der Waals surface area contributed by atoms with Gasteiger partial charge >= 0.3 is 0 Å². The van der Waals surface area contributed by atoms with E-state index in [9.17, 15) is 0 Å². The third kappa shape index (κ3) is 3.36. The molecule has 0 aromatic heterocycles. The molecule has 0 radical (unpaired) electrons. The minimum Gasteiger partial charge on any atom is -0.370 e. The predicted molar refractivity (Wildman–Crippen MR) is 82.5 cm³/mol. The molecule has 2 N–H and O–H groups in total. The Bertz CT molecular complexity index is 534. The van der Waals surface area contributed by atoms with E-state index in [1.807, 2.05) is 0 Å². The van der Waals surface area contributed by atoms with Crippen molar-refractivity contribution < 1.29 is 0 Å². The summed E-state index contributed by atoms with van der Waals surface area (Å²) < 4.78 is 0. The average molecular weight is 254 g/mol. The summed E-state index contributed by atoms with van der Waals surface area (Å²) in [5.41, 5.74) is 11.0. The van der Waals surface area contributed by atoms with Crippen LogP contribution in [0.1, 0.15) is 16.7 Å². The van der Waals surface area contributed by atoms with Gasteiger partial charge in [-0.2, -0.15) is 0 Å². The molecule has 0 unspecified atom stereocenters. The maximum absolute atomic E-state index is 5.69. The zero-order valence-corrected chi connectivity index (χ0v) is 11.8. The third-order valence-corrected chi connectivity index (χ3v) is 3.49. The van der Waals surface area contributed by atoms with E-state index in [1.54, 1.807) is 0 Å². The standard InChI is InChI=1S/C17H22N2/c1-14-7-3-4-9-16(14)13-19(2)17-10-6-5-8-15(17)11-12-18/h3-10H,11-13,18H2,1-2H3. The van der Waals surface area contributed by atoms with Crippen molar-refractivity contribution in [2.45, 2.75) is 19.9 Å². The van der Waals surface area contributed by atoms with Crippen molar-refractivity contribution >= 4 is 5.69 Å². The van der Waals surface area contributed by atoms with Gasteiger partial charge < -0.3 is 10.6 Å². The lowest BCUT2D eigenvalue weighted by atomic mass is 10.1. The first kappa shape index (κ1) is 13.6. The zero-order chi connectivity index (χ0) is 13.7. The summed E-state index contributed by atoms with van der Waals surface area (Å²) in [6.45, 7) is 3.78. The second-order valence-electron chi connectivity index (χ2n) is 4.95. The van der Waals surface area contributed by atoms with E-state index in [0.717, 1.165) is 13.0 Å². The molecule has 19 heavy (non-hydrogen) atoms. The summed E-state index contributed by atoms with van der Waals surface area (Å²) in [5.74, 6) is 0. The van der Waals surface area contributed by atoms with Crippen molar-refractivity contribution in [1.29, 1.82) is 0 Å². The van der Waals surface area contributed by atoms with Crippen molar-refractivity contribution in [3.63, 3.8) is 0 Å². The summed E-state index contributed by atoms with van der Waals surface area (Å²) >= 11 is 0. The zero-order valence-electron chi connectivity index (χ0n) is 11.8. The monoisotopic (exact) mass is 254 g/mol. The number of aryl methyl sites for hydroxylation is 1. The van der Waals surface area contributed by atoms with E-state index in [1.165, 1.54) is 22.4 Å². The molecule has 0 spiro atoms. The molecule has 0 atom stereocenters. The van der Waals surface area contributed by atoms with E-state index in [4.69, 9.17) is 5.73 Å². The minimum absolute atomic E-state index is 0.690. The predicted octanol–water partition coefficient (Wildman–Crippen LogP) is 3.13. The SMILES string of the molecule is Cc1ccccc1CN(C)c1ccccc1CCN. The molecule has 0 saturated carbocycles. The summed E-state index contributed by atoms with van der Waals surface area (Å²) in [5, 5.41) is 0. The first-order valence-electron chi connectivity index (χ1n) is 6.76. The van der Waals surface area contributed by atoms with Gasteiger partial charge in [0.2, 0.25) is 0 Å². The van der Waals surface area contributed by atoms with Crippen LogP contribution in [-0.2, 0) is 13.0 Å². The number of nitrogens with two attached hydrogens (primary N) is 1. The minimum atomic E-state index is 0.690. The Morgan fingerprint density at radius 2 is 1.58 bits per heavy atom. The van der Waals surface area contributed by atoms with Crippen molar-refractivity contribution in [3.8, 4) is 0 Å². The number of para-hydroxylation sites is 1. The van der Waals surface area contributed by atoms with Crippen molar-refractivity contribution in [1.82, 2.24) is 0 Å². The van der Waals surface area contributed by atoms with E-state index in [0.29, 0.717) is 6.54 Å². The second kappa shape index (κ2) is 6.39. The summed E-state index contributed by atoms with van der Waals surface area (Å²) in [6, 6.07) is 17.0. The van der Waals surface area contributed by atoms with Crippen LogP contribution in [0.4, 0.5) is 5.69 Å². The van der Waals surface area contributed by atoms with Gasteiger partial charge in [0, 0.05) is 19.3 Å². The Hall–Kier alpha value is -1.80. The van der Waals surface area contributed by atoms with Gasteiger partial charge in [0.1, 0.15) is 0 Å². The van der Waals surface area contributed by atoms with Crippen LogP contribution < -0.4 is 10.6 Å². The number of nitrogens with zero attached hydrogens (tertiary/aromatic N) is 1. The Labute approximate surface area is 115 Å². The molecule has 0 bridgehead atoms. The Balaban J connectivity index is 2.20. The van der Waals surface area contributed by atoms with Gasteiger partial charge in [-0.1, -0.05) is 42.5 Å². The molecule has 0 aliphatic carbocycles. The lowest BCUT2D eigenvalue weighted by molar-refractivity contribution is 0.887. The van der Waals surface area contributed by atoms with Gasteiger partial charge in [-0.3, -0.25) is 0 Å². The van der Waals surface area contributed by atoms with Gasteiger partial charge in [0.25, 0.3) is 0 Å². The maximum atomic E-state index is 5.69. The van der Waals surface area contributed by atoms with Gasteiger partial charge in [-0.25, -0.2) is 0 Å². The van der Waals surface area contributed by atoms with Gasteiger partial charge in [0.05, 0.1) is 0 Å². The van der Waals surface area contributed by atoms with Crippen LogP contribution in [0.5, 0.6) is 0 Å². The van der Waals surface area contributed by atoms with Crippen molar-refractivity contribution in [2.24, 2.45) is 5.73 Å². The van der Waals surface area contributed by atoms with Crippen molar-refractivity contribution in [3.05, 3.63) is 65.2 Å². The lowest BCUT2D eigenvalue weighted by Gasteiger charge is -2.23. The Morgan fingerprint density at radius 1 is 0.947 bits per heavy atom. The second-order valence-corrected chi connectivity index (χ2v) is 4.95. The molecule has 0 saturated heterocycles. The van der Waals surface area contributed by atoms with E-state index in [-0.39, 0.29) is 0 Å². The van der Waals surface area contributed by atoms with Crippen molar-refractivity contribution in [2.75, 3.05) is 18.5 Å². The van der Waals surface area contributed by atoms with Crippen LogP contribution in [0.3, 0.4) is 0 Å². The van der Waals surface area contributed by atoms with E-state index < -0.39 is 0 Å². The summed E-state index contributed by atoms with van der Waals surface area (Å²) in [4.78, 5) is 2.30. The van der Waals surface area contributed by atoms with E-state index in [2.05, 4.69) is 67.4 Å². The molecule has 0 aliphatic rings. The van der Waals surface area contributed by atoms with Crippen LogP contribution in [0.15, 0.2) is 48.5 Å². The fraction of sp³-hybridized carbons (Fsp3) is 0.294. The number of hydrogen-bond donors (Lipinski definition) is 1. The van der Waals surface area contributed by atoms with Gasteiger partial charge in [-0.05, 0) is 42.6 Å². The molecule has 2 aromatic carbocycles. The fourth-order valence-corrected chi connectivity index (χ4v) is 2.38. The molecule has 2 heteroatoms. The fourth-order valence-electron chi connectivity index (χ4n) is 2.38. The average Bonchev–Trinajstić information content (AvgIpc) is 2.42. The molecule has 2 aromatic rings. The Kier molecular flexibility index (Phi) is 4.58. The van der Waals surface area contributed by atoms with E-state index >= 15 is 0 Å². The van der Waals surface area contributed by atoms with Gasteiger partial charge in [0.15, 0.2) is 0 Å². The molecule has 100 valence electrons. The molecular weight excluding hydrogens is 232 g/mol. The smallest absolute Gasteiger partial charge is 0.0428 e. The number of benzene rings is 2.